The van der Waals surface area contributed by atoms with Crippen molar-refractivity contribution in [2.75, 3.05) is 12.8 Å². The molecule has 5 aromatic carbocycles. The fourth-order valence-electron chi connectivity index (χ4n) is 4.74. The van der Waals surface area contributed by atoms with E-state index in [0.29, 0.717) is 5.82 Å². The molecular weight excluding hydrogens is 461 g/mol. The van der Waals surface area contributed by atoms with E-state index in [9.17, 15) is 0 Å². The van der Waals surface area contributed by atoms with Gasteiger partial charge in [-0.1, -0.05) is 103 Å². The summed E-state index contributed by atoms with van der Waals surface area (Å²) in [5.74, 6) is 1.24. The number of rotatable bonds is 5. The Labute approximate surface area is 211 Å². The van der Waals surface area contributed by atoms with Gasteiger partial charge in [0.05, 0.1) is 7.11 Å². The maximum atomic E-state index is 6.25. The van der Waals surface area contributed by atoms with Gasteiger partial charge in [-0.05, 0) is 46.7 Å². The quantitative estimate of drug-likeness (QED) is 0.314. The Kier molecular flexibility index (Phi) is 5.80. The lowest BCUT2D eigenvalue weighted by molar-refractivity contribution is 0.415. The Balaban J connectivity index is 1.76. The predicted octanol–water partition coefficient (Wildman–Crippen LogP) is 5.80. The third-order valence-electron chi connectivity index (χ3n) is 6.43. The fraction of sp³-hybridized carbons (Fsp3) is 0.0323. The van der Waals surface area contributed by atoms with Gasteiger partial charge in [0.15, 0.2) is 5.82 Å². The molecule has 5 heteroatoms. The predicted molar refractivity (Wildman–Crippen MR) is 152 cm³/mol. The van der Waals surface area contributed by atoms with Crippen LogP contribution < -0.4 is 26.4 Å². The molecule has 0 spiro atoms. The number of aromatic nitrogens is 2. The Morgan fingerprint density at radius 1 is 0.639 bits per heavy atom. The Morgan fingerprint density at radius 3 is 1.92 bits per heavy atom. The van der Waals surface area contributed by atoms with Crippen LogP contribution in [0.1, 0.15) is 0 Å². The maximum absolute atomic E-state index is 6.25. The molecule has 0 aliphatic heterocycles. The van der Waals surface area contributed by atoms with Crippen molar-refractivity contribution in [1.29, 1.82) is 0 Å². The summed E-state index contributed by atoms with van der Waals surface area (Å²) >= 11 is 0. The van der Waals surface area contributed by atoms with Crippen LogP contribution >= 0.6 is 7.92 Å². The first-order chi connectivity index (χ1) is 17.7. The zero-order chi connectivity index (χ0) is 24.5. The molecule has 0 unspecified atom stereocenters. The van der Waals surface area contributed by atoms with Gasteiger partial charge in [-0.15, -0.1) is 10.2 Å². The molecule has 1 aromatic heterocycles. The largest absolute Gasteiger partial charge is 0.497 e. The van der Waals surface area contributed by atoms with Gasteiger partial charge in [0.25, 0.3) is 0 Å². The van der Waals surface area contributed by atoms with E-state index in [-0.39, 0.29) is 0 Å². The lowest BCUT2D eigenvalue weighted by Crippen LogP contribution is -2.22. The topological polar surface area (TPSA) is 61.0 Å². The third-order valence-corrected chi connectivity index (χ3v) is 8.91. The highest BCUT2D eigenvalue weighted by molar-refractivity contribution is 7.80. The minimum atomic E-state index is -0.880. The number of nitrogens with two attached hydrogens (primary N) is 1. The molecule has 0 fully saturated rings. The van der Waals surface area contributed by atoms with Crippen LogP contribution in [0, 0.1) is 0 Å². The van der Waals surface area contributed by atoms with E-state index < -0.39 is 7.92 Å². The van der Waals surface area contributed by atoms with E-state index in [0.717, 1.165) is 38.6 Å². The summed E-state index contributed by atoms with van der Waals surface area (Å²) in [7, 11) is 0.818. The maximum Gasteiger partial charge on any atom is 0.154 e. The SMILES string of the molecule is COc1ccc2ccc(P(c3ccccc3)c3ccccc3)c(-c3nnc(N)c4ccccc34)c2c1. The average Bonchev–Trinajstić information content (AvgIpc) is 2.95. The van der Waals surface area contributed by atoms with Crippen molar-refractivity contribution in [1.82, 2.24) is 10.2 Å². The monoisotopic (exact) mass is 485 g/mol. The minimum absolute atomic E-state index is 0.433. The number of fused-ring (bicyclic) bond motifs is 2. The van der Waals surface area contributed by atoms with Crippen LogP contribution in [0.3, 0.4) is 0 Å². The number of anilines is 1. The van der Waals surface area contributed by atoms with Crippen molar-refractivity contribution in [3.05, 3.63) is 115 Å². The summed E-state index contributed by atoms with van der Waals surface area (Å²) in [6.07, 6.45) is 0. The Morgan fingerprint density at radius 2 is 1.25 bits per heavy atom. The molecule has 0 atom stereocenters. The van der Waals surface area contributed by atoms with E-state index in [1.54, 1.807) is 7.11 Å². The van der Waals surface area contributed by atoms with Gasteiger partial charge in [0.2, 0.25) is 0 Å². The van der Waals surface area contributed by atoms with E-state index in [1.165, 1.54) is 15.9 Å². The van der Waals surface area contributed by atoms with E-state index in [4.69, 9.17) is 15.6 Å². The number of ether oxygens (including phenoxy) is 1. The van der Waals surface area contributed by atoms with Gasteiger partial charge < -0.3 is 10.5 Å². The molecule has 0 radical (unpaired) electrons. The Bertz CT molecular complexity index is 1650. The molecule has 1 heterocycles. The lowest BCUT2D eigenvalue weighted by Gasteiger charge is -2.24. The number of nitrogens with zero attached hydrogens (tertiary/aromatic N) is 2. The zero-order valence-corrected chi connectivity index (χ0v) is 20.7. The van der Waals surface area contributed by atoms with E-state index >= 15 is 0 Å². The van der Waals surface area contributed by atoms with Gasteiger partial charge >= 0.3 is 0 Å². The summed E-state index contributed by atoms with van der Waals surface area (Å²) in [6.45, 7) is 0. The van der Waals surface area contributed by atoms with Crippen LogP contribution in [-0.2, 0) is 0 Å². The summed E-state index contributed by atoms with van der Waals surface area (Å²) < 4.78 is 5.64. The van der Waals surface area contributed by atoms with Crippen LogP contribution in [0.25, 0.3) is 32.8 Å². The van der Waals surface area contributed by atoms with Crippen LogP contribution in [0.15, 0.2) is 115 Å². The highest BCUT2D eigenvalue weighted by Gasteiger charge is 2.24. The van der Waals surface area contributed by atoms with Crippen molar-refractivity contribution in [3.8, 4) is 17.0 Å². The van der Waals surface area contributed by atoms with Crippen molar-refractivity contribution >= 4 is 51.2 Å². The summed E-state index contributed by atoms with van der Waals surface area (Å²) in [5, 5.41) is 16.9. The van der Waals surface area contributed by atoms with Gasteiger partial charge in [0, 0.05) is 16.3 Å². The zero-order valence-electron chi connectivity index (χ0n) is 19.8. The molecule has 2 N–H and O–H groups in total. The number of hydrogen-bond donors (Lipinski definition) is 1. The molecule has 174 valence electrons. The molecule has 0 saturated heterocycles. The highest BCUT2D eigenvalue weighted by Crippen LogP contribution is 2.42. The second kappa shape index (κ2) is 9.41. The molecule has 0 aliphatic carbocycles. The summed E-state index contributed by atoms with van der Waals surface area (Å²) in [4.78, 5) is 0. The molecular formula is C31H24N3OP. The molecule has 0 saturated carbocycles. The van der Waals surface area contributed by atoms with Crippen LogP contribution in [-0.4, -0.2) is 17.3 Å². The van der Waals surface area contributed by atoms with E-state index in [1.807, 2.05) is 24.3 Å². The molecule has 6 aromatic rings. The van der Waals surface area contributed by atoms with Crippen molar-refractivity contribution in [2.45, 2.75) is 0 Å². The fourth-order valence-corrected chi connectivity index (χ4v) is 7.21. The second-order valence-electron chi connectivity index (χ2n) is 8.53. The normalized spacial score (nSPS) is 11.3. The Hall–Kier alpha value is -4.27. The molecule has 0 amide bonds. The summed E-state index contributed by atoms with van der Waals surface area (Å²) in [6, 6.07) is 40.1. The van der Waals surface area contributed by atoms with Crippen LogP contribution in [0.5, 0.6) is 5.75 Å². The third kappa shape index (κ3) is 3.86. The molecule has 6 rings (SSSR count). The number of benzene rings is 5. The first-order valence-electron chi connectivity index (χ1n) is 11.8. The van der Waals surface area contributed by atoms with Gasteiger partial charge in [-0.3, -0.25) is 0 Å². The van der Waals surface area contributed by atoms with Crippen LogP contribution in [0.4, 0.5) is 5.82 Å². The number of methoxy groups -OCH3 is 1. The van der Waals surface area contributed by atoms with Crippen molar-refractivity contribution < 1.29 is 4.74 Å². The summed E-state index contributed by atoms with van der Waals surface area (Å²) in [5.41, 5.74) is 8.14. The molecule has 0 aliphatic rings. The van der Waals surface area contributed by atoms with Crippen LogP contribution in [0.2, 0.25) is 0 Å². The van der Waals surface area contributed by atoms with Gasteiger partial charge in [-0.25, -0.2) is 0 Å². The van der Waals surface area contributed by atoms with Crippen molar-refractivity contribution in [3.63, 3.8) is 0 Å². The lowest BCUT2D eigenvalue weighted by atomic mass is 9.98. The van der Waals surface area contributed by atoms with Gasteiger partial charge in [0.1, 0.15) is 11.4 Å². The first kappa shape index (κ1) is 22.2. The average molecular weight is 486 g/mol. The minimum Gasteiger partial charge on any atom is -0.497 e. The van der Waals surface area contributed by atoms with E-state index in [2.05, 4.69) is 96.1 Å². The number of nitrogen functional groups attached to an aromatic ring is 1. The molecule has 0 bridgehead atoms. The smallest absolute Gasteiger partial charge is 0.154 e. The number of hydrogen-bond acceptors (Lipinski definition) is 4. The highest BCUT2D eigenvalue weighted by atomic mass is 31.1. The first-order valence-corrected chi connectivity index (χ1v) is 13.1. The van der Waals surface area contributed by atoms with Crippen molar-refractivity contribution in [2.24, 2.45) is 0 Å². The van der Waals surface area contributed by atoms with Gasteiger partial charge in [-0.2, -0.15) is 0 Å². The molecule has 36 heavy (non-hydrogen) atoms. The standard InChI is InChI=1S/C31H24N3OP/c1-35-22-18-16-21-17-19-28(36(23-10-4-2-5-11-23)24-12-6-3-7-13-24)29(27(21)20-22)30-25-14-8-9-15-26(25)31(32)34-33-30/h2-20H,1H3,(H2,32,34). The molecule has 4 nitrogen and oxygen atoms in total. The second-order valence-corrected chi connectivity index (χ2v) is 10.7.